The van der Waals surface area contributed by atoms with E-state index in [0.717, 1.165) is 18.8 Å². The molecule has 0 radical (unpaired) electrons. The van der Waals surface area contributed by atoms with Gasteiger partial charge in [-0.1, -0.05) is 20.8 Å². The minimum Gasteiger partial charge on any atom is -0.402 e. The van der Waals surface area contributed by atoms with Crippen molar-refractivity contribution in [3.63, 3.8) is 0 Å². The van der Waals surface area contributed by atoms with Crippen molar-refractivity contribution in [1.82, 2.24) is 5.32 Å². The van der Waals surface area contributed by atoms with Gasteiger partial charge in [0.25, 0.3) is 5.91 Å². The van der Waals surface area contributed by atoms with Gasteiger partial charge in [0.05, 0.1) is 5.57 Å². The summed E-state index contributed by atoms with van der Waals surface area (Å²) in [4.78, 5) is 12.2. The smallest absolute Gasteiger partial charge is 0.250 e. The first-order chi connectivity index (χ1) is 9.12. The predicted octanol–water partition coefficient (Wildman–Crippen LogP) is 2.29. The molecule has 1 fully saturated rings. The van der Waals surface area contributed by atoms with E-state index in [1.807, 2.05) is 0 Å². The lowest BCUT2D eigenvalue weighted by atomic mass is 9.71. The van der Waals surface area contributed by atoms with Gasteiger partial charge in [-0.2, -0.15) is 0 Å². The van der Waals surface area contributed by atoms with Crippen LogP contribution in [0.15, 0.2) is 11.3 Å². The highest BCUT2D eigenvalue weighted by molar-refractivity contribution is 5.95. The van der Waals surface area contributed by atoms with E-state index in [-0.39, 0.29) is 18.0 Å². The fraction of sp³-hybridized carbons (Fsp3) is 0.812. The molecule has 0 aromatic heterocycles. The topological polar surface area (TPSA) is 81.1 Å². The minimum absolute atomic E-state index is 0.0980. The fourth-order valence-corrected chi connectivity index (χ4v) is 3.11. The summed E-state index contributed by atoms with van der Waals surface area (Å²) in [5, 5.41) is 3.10. The number of hydrogen-bond donors (Lipinski definition) is 3. The van der Waals surface area contributed by atoms with Crippen LogP contribution in [0.25, 0.3) is 0 Å². The van der Waals surface area contributed by atoms with Crippen LogP contribution in [-0.2, 0) is 4.79 Å². The van der Waals surface area contributed by atoms with Crippen LogP contribution in [0, 0.1) is 11.3 Å². The molecule has 4 nitrogen and oxygen atoms in total. The van der Waals surface area contributed by atoms with E-state index < -0.39 is 0 Å². The molecule has 0 aromatic rings. The Morgan fingerprint density at radius 1 is 1.20 bits per heavy atom. The van der Waals surface area contributed by atoms with Crippen molar-refractivity contribution in [1.29, 1.82) is 0 Å². The number of nitrogens with one attached hydrogen (secondary N) is 1. The standard InChI is InChI=1S/C16H31N3O/c1-10(17)14(11(2)18)15(20)19-13-8-6-12(7-9-13)16(3,4)5/h10,12-13H,6-9,17-18H2,1-5H3,(H,19,20)/b14-11-. The largest absolute Gasteiger partial charge is 0.402 e. The minimum atomic E-state index is -0.328. The summed E-state index contributed by atoms with van der Waals surface area (Å²) in [5.41, 5.74) is 13.0. The maximum atomic E-state index is 12.2. The molecule has 1 rings (SSSR count). The fourth-order valence-electron chi connectivity index (χ4n) is 3.11. The van der Waals surface area contributed by atoms with Crippen molar-refractivity contribution in [3.8, 4) is 0 Å². The average Bonchev–Trinajstić information content (AvgIpc) is 2.26. The van der Waals surface area contributed by atoms with Gasteiger partial charge < -0.3 is 16.8 Å². The molecule has 1 unspecified atom stereocenters. The van der Waals surface area contributed by atoms with E-state index in [0.29, 0.717) is 16.7 Å². The van der Waals surface area contributed by atoms with Crippen molar-refractivity contribution >= 4 is 5.91 Å². The normalized spacial score (nSPS) is 26.7. The van der Waals surface area contributed by atoms with E-state index in [2.05, 4.69) is 26.1 Å². The van der Waals surface area contributed by atoms with E-state index in [4.69, 9.17) is 11.5 Å². The molecule has 1 saturated carbocycles. The van der Waals surface area contributed by atoms with Crippen molar-refractivity contribution in [2.24, 2.45) is 22.8 Å². The van der Waals surface area contributed by atoms with Crippen LogP contribution in [-0.4, -0.2) is 18.0 Å². The number of allylic oxidation sites excluding steroid dienone is 1. The van der Waals surface area contributed by atoms with Crippen LogP contribution in [0.5, 0.6) is 0 Å². The molecule has 4 heteroatoms. The zero-order valence-corrected chi connectivity index (χ0v) is 13.6. The molecule has 20 heavy (non-hydrogen) atoms. The first-order valence-electron chi connectivity index (χ1n) is 7.65. The lowest BCUT2D eigenvalue weighted by molar-refractivity contribution is -0.118. The van der Waals surface area contributed by atoms with Gasteiger partial charge in [0.2, 0.25) is 0 Å². The second kappa shape index (κ2) is 6.61. The van der Waals surface area contributed by atoms with Crippen LogP contribution in [0.3, 0.4) is 0 Å². The maximum Gasteiger partial charge on any atom is 0.250 e. The molecule has 0 aliphatic heterocycles. The number of hydrogen-bond acceptors (Lipinski definition) is 3. The van der Waals surface area contributed by atoms with Crippen molar-refractivity contribution in [3.05, 3.63) is 11.3 Å². The van der Waals surface area contributed by atoms with Crippen molar-refractivity contribution in [2.75, 3.05) is 0 Å². The zero-order chi connectivity index (χ0) is 15.5. The third kappa shape index (κ3) is 4.51. The van der Waals surface area contributed by atoms with Gasteiger partial charge in [0.1, 0.15) is 0 Å². The van der Waals surface area contributed by atoms with Crippen LogP contribution < -0.4 is 16.8 Å². The van der Waals surface area contributed by atoms with Crippen molar-refractivity contribution in [2.45, 2.75) is 72.4 Å². The highest BCUT2D eigenvalue weighted by atomic mass is 16.1. The monoisotopic (exact) mass is 281 g/mol. The molecule has 0 aromatic carbocycles. The lowest BCUT2D eigenvalue weighted by Crippen LogP contribution is -2.43. The molecule has 1 aliphatic carbocycles. The summed E-state index contributed by atoms with van der Waals surface area (Å²) < 4.78 is 0. The van der Waals surface area contributed by atoms with Gasteiger partial charge in [-0.3, -0.25) is 4.79 Å². The van der Waals surface area contributed by atoms with E-state index in [1.54, 1.807) is 13.8 Å². The maximum absolute atomic E-state index is 12.2. The Hall–Kier alpha value is -1.03. The Morgan fingerprint density at radius 3 is 2.05 bits per heavy atom. The number of amides is 1. The van der Waals surface area contributed by atoms with Gasteiger partial charge in [-0.25, -0.2) is 0 Å². The summed E-state index contributed by atoms with van der Waals surface area (Å²) in [7, 11) is 0. The van der Waals surface area contributed by atoms with E-state index >= 15 is 0 Å². The first-order valence-corrected chi connectivity index (χ1v) is 7.65. The quantitative estimate of drug-likeness (QED) is 0.694. The molecule has 1 amide bonds. The molecular weight excluding hydrogens is 250 g/mol. The summed E-state index contributed by atoms with van der Waals surface area (Å²) in [6, 6.07) is -0.0693. The third-order valence-corrected chi connectivity index (χ3v) is 4.41. The van der Waals surface area contributed by atoms with Gasteiger partial charge in [0.15, 0.2) is 0 Å². The SMILES string of the molecule is C/C(N)=C(/C(=O)NC1CCC(C(C)(C)C)CC1)C(C)N. The number of nitrogens with two attached hydrogens (primary N) is 2. The highest BCUT2D eigenvalue weighted by Crippen LogP contribution is 2.37. The zero-order valence-electron chi connectivity index (χ0n) is 13.6. The second-order valence-corrected chi connectivity index (χ2v) is 7.27. The van der Waals surface area contributed by atoms with Gasteiger partial charge in [-0.05, 0) is 50.9 Å². The summed E-state index contributed by atoms with van der Waals surface area (Å²) in [6.07, 6.45) is 4.44. The Morgan fingerprint density at radius 2 is 1.70 bits per heavy atom. The molecule has 1 aliphatic rings. The van der Waals surface area contributed by atoms with Crippen molar-refractivity contribution < 1.29 is 4.79 Å². The van der Waals surface area contributed by atoms with E-state index in [9.17, 15) is 4.79 Å². The van der Waals surface area contributed by atoms with Gasteiger partial charge >= 0.3 is 0 Å². The molecule has 116 valence electrons. The Bertz CT molecular complexity index is 368. The van der Waals surface area contributed by atoms with Crippen LogP contribution >= 0.6 is 0 Å². The Labute approximate surface area is 123 Å². The molecule has 0 spiro atoms. The average molecular weight is 281 g/mol. The molecule has 0 bridgehead atoms. The third-order valence-electron chi connectivity index (χ3n) is 4.41. The molecule has 0 saturated heterocycles. The van der Waals surface area contributed by atoms with Crippen LogP contribution in [0.4, 0.5) is 0 Å². The highest BCUT2D eigenvalue weighted by Gasteiger charge is 2.30. The number of carbonyl (C=O) groups is 1. The van der Waals surface area contributed by atoms with Gasteiger partial charge in [0, 0.05) is 17.8 Å². The second-order valence-electron chi connectivity index (χ2n) is 7.27. The van der Waals surface area contributed by atoms with Gasteiger partial charge in [-0.15, -0.1) is 0 Å². The number of rotatable bonds is 3. The Kier molecular flexibility index (Phi) is 5.63. The molecular formula is C16H31N3O. The summed E-state index contributed by atoms with van der Waals surface area (Å²) in [5.74, 6) is 0.648. The summed E-state index contributed by atoms with van der Waals surface area (Å²) in [6.45, 7) is 10.4. The van der Waals surface area contributed by atoms with Crippen LogP contribution in [0.2, 0.25) is 0 Å². The summed E-state index contributed by atoms with van der Waals surface area (Å²) >= 11 is 0. The molecule has 1 atom stereocenters. The number of carbonyl (C=O) groups excluding carboxylic acids is 1. The molecule has 5 N–H and O–H groups in total. The Balaban J connectivity index is 2.56. The lowest BCUT2D eigenvalue weighted by Gasteiger charge is -2.37. The van der Waals surface area contributed by atoms with Crippen LogP contribution in [0.1, 0.15) is 60.3 Å². The molecule has 0 heterocycles. The van der Waals surface area contributed by atoms with E-state index in [1.165, 1.54) is 12.8 Å². The predicted molar refractivity (Wildman–Crippen MR) is 83.9 cm³/mol. The first kappa shape index (κ1) is 17.0.